The highest BCUT2D eigenvalue weighted by Crippen LogP contribution is 2.10. The number of pyridine rings is 1. The van der Waals surface area contributed by atoms with Gasteiger partial charge >= 0.3 is 0 Å². The number of hydrogen-bond donors (Lipinski definition) is 1. The molecule has 0 radical (unpaired) electrons. The van der Waals surface area contributed by atoms with E-state index in [9.17, 15) is 0 Å². The maximum atomic E-state index is 5.73. The van der Waals surface area contributed by atoms with Crippen molar-refractivity contribution in [2.75, 3.05) is 5.73 Å². The summed E-state index contributed by atoms with van der Waals surface area (Å²) in [4.78, 5) is 4.31. The fourth-order valence-electron chi connectivity index (χ4n) is 1.45. The molecular weight excluding hydrogens is 188 g/mol. The normalized spacial score (nSPS) is 10.5. The van der Waals surface area contributed by atoms with Crippen molar-refractivity contribution in [3.05, 3.63) is 41.5 Å². The lowest BCUT2D eigenvalue weighted by atomic mass is 10.2. The van der Waals surface area contributed by atoms with Crippen molar-refractivity contribution >= 4 is 5.69 Å². The molecule has 4 heteroatoms. The predicted octanol–water partition coefficient (Wildman–Crippen LogP) is 1.53. The van der Waals surface area contributed by atoms with Crippen LogP contribution in [0.1, 0.15) is 17.0 Å². The van der Waals surface area contributed by atoms with Gasteiger partial charge in [0.25, 0.3) is 0 Å². The average molecular weight is 202 g/mol. The van der Waals surface area contributed by atoms with E-state index in [2.05, 4.69) is 10.1 Å². The van der Waals surface area contributed by atoms with Gasteiger partial charge < -0.3 is 5.73 Å². The minimum Gasteiger partial charge on any atom is -0.396 e. The summed E-state index contributed by atoms with van der Waals surface area (Å²) >= 11 is 0. The number of nitrogens with zero attached hydrogens (tertiary/aromatic N) is 3. The summed E-state index contributed by atoms with van der Waals surface area (Å²) < 4.78 is 1.82. The van der Waals surface area contributed by atoms with Crippen LogP contribution in [0.4, 0.5) is 5.69 Å². The van der Waals surface area contributed by atoms with E-state index >= 15 is 0 Å². The minimum absolute atomic E-state index is 0.671. The highest BCUT2D eigenvalue weighted by Gasteiger charge is 2.03. The van der Waals surface area contributed by atoms with Gasteiger partial charge in [0, 0.05) is 12.4 Å². The van der Waals surface area contributed by atoms with Gasteiger partial charge in [-0.2, -0.15) is 5.10 Å². The van der Waals surface area contributed by atoms with Crippen LogP contribution in [-0.2, 0) is 6.54 Å². The molecule has 0 fully saturated rings. The van der Waals surface area contributed by atoms with E-state index in [0.29, 0.717) is 6.54 Å². The van der Waals surface area contributed by atoms with Crippen LogP contribution in [0.2, 0.25) is 0 Å². The van der Waals surface area contributed by atoms with Crippen LogP contribution >= 0.6 is 0 Å². The Morgan fingerprint density at radius 1 is 1.40 bits per heavy atom. The molecule has 0 aliphatic heterocycles. The molecule has 2 heterocycles. The highest BCUT2D eigenvalue weighted by atomic mass is 15.3. The molecule has 15 heavy (non-hydrogen) atoms. The fourth-order valence-corrected chi connectivity index (χ4v) is 1.45. The molecule has 4 nitrogen and oxygen atoms in total. The molecular formula is C11H14N4. The van der Waals surface area contributed by atoms with Gasteiger partial charge in [-0.1, -0.05) is 6.07 Å². The number of aryl methyl sites for hydroxylation is 2. The van der Waals surface area contributed by atoms with E-state index in [1.165, 1.54) is 5.56 Å². The predicted molar refractivity (Wildman–Crippen MR) is 59.5 cm³/mol. The third-order valence-electron chi connectivity index (χ3n) is 2.41. The average Bonchev–Trinajstić information content (AvgIpc) is 2.50. The third-order valence-corrected chi connectivity index (χ3v) is 2.41. The van der Waals surface area contributed by atoms with Crippen molar-refractivity contribution in [2.24, 2.45) is 0 Å². The van der Waals surface area contributed by atoms with Crippen LogP contribution in [0.5, 0.6) is 0 Å². The first-order valence-corrected chi connectivity index (χ1v) is 4.87. The van der Waals surface area contributed by atoms with Crippen LogP contribution < -0.4 is 5.73 Å². The largest absolute Gasteiger partial charge is 0.396 e. The molecule has 2 N–H and O–H groups in total. The second-order valence-corrected chi connectivity index (χ2v) is 3.63. The summed E-state index contributed by atoms with van der Waals surface area (Å²) in [6.45, 7) is 4.61. The topological polar surface area (TPSA) is 56.7 Å². The van der Waals surface area contributed by atoms with Crippen LogP contribution in [-0.4, -0.2) is 14.8 Å². The standard InChI is InChI=1S/C11H14N4/c1-8-4-3-5-13-11(8)7-15-6-10(12)9(2)14-15/h3-6H,7,12H2,1-2H3. The number of nitrogen functional groups attached to an aromatic ring is 1. The molecule has 0 aliphatic rings. The first kappa shape index (κ1) is 9.71. The monoisotopic (exact) mass is 202 g/mol. The molecule has 0 saturated carbocycles. The van der Waals surface area contributed by atoms with Gasteiger partial charge in [0.15, 0.2) is 0 Å². The van der Waals surface area contributed by atoms with Crippen molar-refractivity contribution in [3.8, 4) is 0 Å². The first-order valence-electron chi connectivity index (χ1n) is 4.87. The Morgan fingerprint density at radius 2 is 2.20 bits per heavy atom. The second-order valence-electron chi connectivity index (χ2n) is 3.63. The number of anilines is 1. The Bertz CT molecular complexity index is 454. The molecule has 0 amide bonds. The summed E-state index contributed by atoms with van der Waals surface area (Å²) in [6.07, 6.45) is 3.63. The molecule has 0 aromatic carbocycles. The maximum absolute atomic E-state index is 5.73. The SMILES string of the molecule is Cc1cccnc1Cn1cc(N)c(C)n1. The smallest absolute Gasteiger partial charge is 0.0834 e. The summed E-state index contributed by atoms with van der Waals surface area (Å²) in [6, 6.07) is 3.98. The van der Waals surface area contributed by atoms with Crippen LogP contribution in [0, 0.1) is 13.8 Å². The summed E-state index contributed by atoms with van der Waals surface area (Å²) in [5.41, 5.74) is 9.52. The maximum Gasteiger partial charge on any atom is 0.0834 e. The van der Waals surface area contributed by atoms with E-state index in [0.717, 1.165) is 17.1 Å². The molecule has 0 unspecified atom stereocenters. The van der Waals surface area contributed by atoms with E-state index < -0.39 is 0 Å². The quantitative estimate of drug-likeness (QED) is 0.803. The van der Waals surface area contributed by atoms with Crippen LogP contribution in [0.15, 0.2) is 24.5 Å². The van der Waals surface area contributed by atoms with Gasteiger partial charge in [-0.15, -0.1) is 0 Å². The van der Waals surface area contributed by atoms with Crippen LogP contribution in [0.25, 0.3) is 0 Å². The Morgan fingerprint density at radius 3 is 2.80 bits per heavy atom. The molecule has 0 aliphatic carbocycles. The Balaban J connectivity index is 2.26. The van der Waals surface area contributed by atoms with Gasteiger partial charge in [-0.25, -0.2) is 0 Å². The molecule has 0 spiro atoms. The molecule has 78 valence electrons. The van der Waals surface area contributed by atoms with E-state index in [4.69, 9.17) is 5.73 Å². The molecule has 2 rings (SSSR count). The van der Waals surface area contributed by atoms with Gasteiger partial charge in [-0.05, 0) is 25.5 Å². The second kappa shape index (κ2) is 3.73. The van der Waals surface area contributed by atoms with Crippen molar-refractivity contribution in [2.45, 2.75) is 20.4 Å². The van der Waals surface area contributed by atoms with E-state index in [1.54, 1.807) is 6.20 Å². The van der Waals surface area contributed by atoms with Crippen molar-refractivity contribution in [1.29, 1.82) is 0 Å². The van der Waals surface area contributed by atoms with Crippen molar-refractivity contribution < 1.29 is 0 Å². The van der Waals surface area contributed by atoms with Gasteiger partial charge in [0.1, 0.15) is 0 Å². The lowest BCUT2D eigenvalue weighted by Gasteiger charge is -2.03. The summed E-state index contributed by atoms with van der Waals surface area (Å²) in [7, 11) is 0. The van der Waals surface area contributed by atoms with Crippen molar-refractivity contribution in [3.63, 3.8) is 0 Å². The lowest BCUT2D eigenvalue weighted by Crippen LogP contribution is -2.04. The Labute approximate surface area is 88.8 Å². The fraction of sp³-hybridized carbons (Fsp3) is 0.273. The van der Waals surface area contributed by atoms with Gasteiger partial charge in [0.05, 0.1) is 23.6 Å². The van der Waals surface area contributed by atoms with Gasteiger partial charge in [0.2, 0.25) is 0 Å². The number of rotatable bonds is 2. The van der Waals surface area contributed by atoms with Crippen LogP contribution in [0.3, 0.4) is 0 Å². The van der Waals surface area contributed by atoms with E-state index in [-0.39, 0.29) is 0 Å². The zero-order valence-corrected chi connectivity index (χ0v) is 8.94. The number of nitrogens with two attached hydrogens (primary N) is 1. The summed E-state index contributed by atoms with van der Waals surface area (Å²) in [5.74, 6) is 0. The first-order chi connectivity index (χ1) is 7.16. The number of aromatic nitrogens is 3. The molecule has 2 aromatic rings. The zero-order chi connectivity index (χ0) is 10.8. The Hall–Kier alpha value is -1.84. The Kier molecular flexibility index (Phi) is 2.41. The van der Waals surface area contributed by atoms with Crippen molar-refractivity contribution in [1.82, 2.24) is 14.8 Å². The molecule has 2 aromatic heterocycles. The molecule has 0 saturated heterocycles. The number of hydrogen-bond acceptors (Lipinski definition) is 3. The third kappa shape index (κ3) is 1.98. The lowest BCUT2D eigenvalue weighted by molar-refractivity contribution is 0.663. The van der Waals surface area contributed by atoms with Gasteiger partial charge in [-0.3, -0.25) is 9.67 Å². The highest BCUT2D eigenvalue weighted by molar-refractivity contribution is 5.39. The zero-order valence-electron chi connectivity index (χ0n) is 8.94. The minimum atomic E-state index is 0.671. The molecule has 0 atom stereocenters. The van der Waals surface area contributed by atoms with E-state index in [1.807, 2.05) is 36.9 Å². The summed E-state index contributed by atoms with van der Waals surface area (Å²) in [5, 5.41) is 4.30. The molecule has 0 bridgehead atoms.